The zero-order valence-electron chi connectivity index (χ0n) is 12.0. The van der Waals surface area contributed by atoms with Gasteiger partial charge in [0.05, 0.1) is 12.7 Å². The number of rotatable bonds is 6. The standard InChI is InChI=1S/C17H20FNO2/c1-13(21)16-11-15(18)7-8-17(16)19(9-10-20)12-14-5-3-2-4-6-14/h2-8,11,13,20-21H,9-10,12H2,1H3/t13-/m0/s1. The molecule has 0 aromatic heterocycles. The normalized spacial score (nSPS) is 12.2. The van der Waals surface area contributed by atoms with Gasteiger partial charge in [0.25, 0.3) is 0 Å². The molecular formula is C17H20FNO2. The molecule has 0 amide bonds. The van der Waals surface area contributed by atoms with E-state index in [4.69, 9.17) is 0 Å². The average molecular weight is 289 g/mol. The van der Waals surface area contributed by atoms with Crippen LogP contribution in [0.15, 0.2) is 48.5 Å². The highest BCUT2D eigenvalue weighted by Gasteiger charge is 2.15. The van der Waals surface area contributed by atoms with E-state index in [1.807, 2.05) is 35.2 Å². The summed E-state index contributed by atoms with van der Waals surface area (Å²) in [4.78, 5) is 1.94. The minimum absolute atomic E-state index is 0.0105. The highest BCUT2D eigenvalue weighted by atomic mass is 19.1. The molecule has 3 nitrogen and oxygen atoms in total. The summed E-state index contributed by atoms with van der Waals surface area (Å²) in [7, 11) is 0. The van der Waals surface area contributed by atoms with Crippen molar-refractivity contribution in [1.82, 2.24) is 0 Å². The zero-order chi connectivity index (χ0) is 15.2. The lowest BCUT2D eigenvalue weighted by molar-refractivity contribution is 0.199. The van der Waals surface area contributed by atoms with Gasteiger partial charge in [-0.1, -0.05) is 30.3 Å². The molecule has 0 bridgehead atoms. The number of aliphatic hydroxyl groups excluding tert-OH is 2. The van der Waals surface area contributed by atoms with Crippen LogP contribution in [0.2, 0.25) is 0 Å². The second kappa shape index (κ2) is 7.20. The van der Waals surface area contributed by atoms with Crippen molar-refractivity contribution in [2.45, 2.75) is 19.6 Å². The molecule has 0 unspecified atom stereocenters. The quantitative estimate of drug-likeness (QED) is 0.859. The van der Waals surface area contributed by atoms with Crippen LogP contribution in [0, 0.1) is 5.82 Å². The van der Waals surface area contributed by atoms with Crippen molar-refractivity contribution in [3.05, 3.63) is 65.5 Å². The number of benzene rings is 2. The monoisotopic (exact) mass is 289 g/mol. The number of halogens is 1. The molecule has 2 rings (SSSR count). The lowest BCUT2D eigenvalue weighted by Gasteiger charge is -2.27. The SMILES string of the molecule is C[C@H](O)c1cc(F)ccc1N(CCO)Cc1ccccc1. The molecule has 0 saturated heterocycles. The maximum absolute atomic E-state index is 13.4. The van der Waals surface area contributed by atoms with Gasteiger partial charge in [0.15, 0.2) is 0 Å². The Morgan fingerprint density at radius 2 is 1.86 bits per heavy atom. The van der Waals surface area contributed by atoms with Crippen molar-refractivity contribution in [3.63, 3.8) is 0 Å². The summed E-state index contributed by atoms with van der Waals surface area (Å²) in [5, 5.41) is 19.1. The van der Waals surface area contributed by atoms with Crippen LogP contribution in [-0.2, 0) is 6.54 Å². The summed E-state index contributed by atoms with van der Waals surface area (Å²) < 4.78 is 13.4. The average Bonchev–Trinajstić information content (AvgIpc) is 2.48. The van der Waals surface area contributed by atoms with Gasteiger partial charge in [0.1, 0.15) is 5.82 Å². The van der Waals surface area contributed by atoms with E-state index in [0.717, 1.165) is 11.3 Å². The molecule has 0 spiro atoms. The summed E-state index contributed by atoms with van der Waals surface area (Å²) in [6.45, 7) is 2.61. The number of nitrogens with zero attached hydrogens (tertiary/aromatic N) is 1. The van der Waals surface area contributed by atoms with E-state index in [2.05, 4.69) is 0 Å². The first-order valence-electron chi connectivity index (χ1n) is 6.99. The highest BCUT2D eigenvalue weighted by Crippen LogP contribution is 2.28. The van der Waals surface area contributed by atoms with Gasteiger partial charge >= 0.3 is 0 Å². The van der Waals surface area contributed by atoms with Crippen LogP contribution in [0.1, 0.15) is 24.2 Å². The predicted molar refractivity (Wildman–Crippen MR) is 81.6 cm³/mol. The Morgan fingerprint density at radius 3 is 2.48 bits per heavy atom. The molecular weight excluding hydrogens is 269 g/mol. The number of hydrogen-bond donors (Lipinski definition) is 2. The van der Waals surface area contributed by atoms with Crippen LogP contribution < -0.4 is 4.90 Å². The lowest BCUT2D eigenvalue weighted by atomic mass is 10.1. The van der Waals surface area contributed by atoms with Crippen LogP contribution in [0.5, 0.6) is 0 Å². The van der Waals surface area contributed by atoms with Crippen molar-refractivity contribution < 1.29 is 14.6 Å². The van der Waals surface area contributed by atoms with E-state index in [0.29, 0.717) is 18.7 Å². The van der Waals surface area contributed by atoms with Crippen molar-refractivity contribution >= 4 is 5.69 Å². The number of aliphatic hydroxyl groups is 2. The Labute approximate surface area is 124 Å². The largest absolute Gasteiger partial charge is 0.395 e. The Morgan fingerprint density at radius 1 is 1.14 bits per heavy atom. The number of anilines is 1. The minimum atomic E-state index is -0.771. The summed E-state index contributed by atoms with van der Waals surface area (Å²) in [6.07, 6.45) is -0.771. The van der Waals surface area contributed by atoms with Crippen molar-refractivity contribution in [3.8, 4) is 0 Å². The van der Waals surface area contributed by atoms with Crippen LogP contribution in [0.25, 0.3) is 0 Å². The molecule has 0 aliphatic carbocycles. The molecule has 112 valence electrons. The van der Waals surface area contributed by atoms with E-state index < -0.39 is 6.10 Å². The topological polar surface area (TPSA) is 43.7 Å². The third-order valence-electron chi connectivity index (χ3n) is 3.37. The summed E-state index contributed by atoms with van der Waals surface area (Å²) in [5.74, 6) is -0.377. The Kier molecular flexibility index (Phi) is 5.31. The van der Waals surface area contributed by atoms with E-state index >= 15 is 0 Å². The summed E-state index contributed by atoms with van der Waals surface area (Å²) >= 11 is 0. The molecule has 0 aliphatic rings. The smallest absolute Gasteiger partial charge is 0.123 e. The van der Waals surface area contributed by atoms with Gasteiger partial charge in [0, 0.05) is 24.3 Å². The van der Waals surface area contributed by atoms with Crippen molar-refractivity contribution in [2.24, 2.45) is 0 Å². The first-order chi connectivity index (χ1) is 10.1. The van der Waals surface area contributed by atoms with Crippen LogP contribution in [-0.4, -0.2) is 23.4 Å². The molecule has 0 saturated carbocycles. The van der Waals surface area contributed by atoms with Gasteiger partial charge in [-0.2, -0.15) is 0 Å². The summed E-state index contributed by atoms with van der Waals surface area (Å²) in [5.41, 5.74) is 2.36. The Bertz CT molecular complexity index is 572. The second-order valence-electron chi connectivity index (χ2n) is 5.01. The van der Waals surface area contributed by atoms with E-state index in [9.17, 15) is 14.6 Å². The third kappa shape index (κ3) is 4.03. The fraction of sp³-hybridized carbons (Fsp3) is 0.294. The lowest BCUT2D eigenvalue weighted by Crippen LogP contribution is -2.27. The molecule has 0 fully saturated rings. The van der Waals surface area contributed by atoms with Crippen LogP contribution >= 0.6 is 0 Å². The van der Waals surface area contributed by atoms with E-state index in [1.54, 1.807) is 13.0 Å². The molecule has 2 N–H and O–H groups in total. The van der Waals surface area contributed by atoms with Gasteiger partial charge in [0.2, 0.25) is 0 Å². The highest BCUT2D eigenvalue weighted by molar-refractivity contribution is 5.55. The van der Waals surface area contributed by atoms with E-state index in [-0.39, 0.29) is 12.4 Å². The molecule has 0 aliphatic heterocycles. The number of hydrogen-bond acceptors (Lipinski definition) is 3. The first kappa shape index (κ1) is 15.5. The molecule has 4 heteroatoms. The van der Waals surface area contributed by atoms with Crippen molar-refractivity contribution in [1.29, 1.82) is 0 Å². The fourth-order valence-corrected chi connectivity index (χ4v) is 2.36. The van der Waals surface area contributed by atoms with Gasteiger partial charge in [-0.15, -0.1) is 0 Å². The minimum Gasteiger partial charge on any atom is -0.395 e. The van der Waals surface area contributed by atoms with E-state index in [1.165, 1.54) is 12.1 Å². The van der Waals surface area contributed by atoms with Gasteiger partial charge in [-0.3, -0.25) is 0 Å². The molecule has 0 radical (unpaired) electrons. The zero-order valence-corrected chi connectivity index (χ0v) is 12.0. The Hall–Kier alpha value is -1.91. The maximum Gasteiger partial charge on any atom is 0.123 e. The molecule has 1 atom stereocenters. The maximum atomic E-state index is 13.4. The Balaban J connectivity index is 2.34. The van der Waals surface area contributed by atoms with Crippen LogP contribution in [0.3, 0.4) is 0 Å². The summed E-state index contributed by atoms with van der Waals surface area (Å²) in [6, 6.07) is 14.2. The molecule has 0 heterocycles. The van der Waals surface area contributed by atoms with Gasteiger partial charge < -0.3 is 15.1 Å². The second-order valence-corrected chi connectivity index (χ2v) is 5.01. The van der Waals surface area contributed by atoms with Gasteiger partial charge in [-0.05, 0) is 30.7 Å². The molecule has 2 aromatic carbocycles. The fourth-order valence-electron chi connectivity index (χ4n) is 2.36. The molecule has 2 aromatic rings. The van der Waals surface area contributed by atoms with Crippen LogP contribution in [0.4, 0.5) is 10.1 Å². The van der Waals surface area contributed by atoms with Crippen molar-refractivity contribution in [2.75, 3.05) is 18.1 Å². The molecule has 21 heavy (non-hydrogen) atoms. The first-order valence-corrected chi connectivity index (χ1v) is 6.99. The third-order valence-corrected chi connectivity index (χ3v) is 3.37. The van der Waals surface area contributed by atoms with Gasteiger partial charge in [-0.25, -0.2) is 4.39 Å². The predicted octanol–water partition coefficient (Wildman–Crippen LogP) is 2.88.